The zero-order chi connectivity index (χ0) is 12.8. The second kappa shape index (κ2) is 6.88. The Balaban J connectivity index is 1.88. The van der Waals surface area contributed by atoms with Crippen LogP contribution in [0.15, 0.2) is 30.3 Å². The van der Waals surface area contributed by atoms with Crippen molar-refractivity contribution in [3.63, 3.8) is 0 Å². The van der Waals surface area contributed by atoms with E-state index in [0.29, 0.717) is 12.1 Å². The van der Waals surface area contributed by atoms with Crippen molar-refractivity contribution >= 4 is 0 Å². The lowest BCUT2D eigenvalue weighted by Crippen LogP contribution is -2.41. The highest BCUT2D eigenvalue weighted by molar-refractivity contribution is 5.19. The van der Waals surface area contributed by atoms with Crippen molar-refractivity contribution in [3.8, 4) is 0 Å². The Bertz CT molecular complexity index is 334. The van der Waals surface area contributed by atoms with Crippen molar-refractivity contribution in [2.24, 2.45) is 0 Å². The Labute approximate surface area is 110 Å². The van der Waals surface area contributed by atoms with Crippen molar-refractivity contribution in [2.45, 2.75) is 25.0 Å². The number of methoxy groups -OCH3 is 1. The molecular formula is C15H24N2O. The summed E-state index contributed by atoms with van der Waals surface area (Å²) in [4.78, 5) is 2.53. The first-order valence-electron chi connectivity index (χ1n) is 6.81. The maximum atomic E-state index is 5.41. The third-order valence-electron chi connectivity index (χ3n) is 3.86. The molecule has 0 radical (unpaired) electrons. The number of likely N-dealkylation sites (N-methyl/N-ethyl adjacent to an activating group) is 1. The minimum atomic E-state index is 0.422. The number of nitrogens with one attached hydrogen (secondary N) is 1. The van der Waals surface area contributed by atoms with Gasteiger partial charge >= 0.3 is 0 Å². The Morgan fingerprint density at radius 3 is 2.50 bits per heavy atom. The molecule has 1 aromatic carbocycles. The molecule has 0 bridgehead atoms. The van der Waals surface area contributed by atoms with Gasteiger partial charge in [0.15, 0.2) is 0 Å². The number of nitrogens with zero attached hydrogens (tertiary/aromatic N) is 1. The van der Waals surface area contributed by atoms with E-state index in [2.05, 4.69) is 40.5 Å². The van der Waals surface area contributed by atoms with E-state index in [1.165, 1.54) is 5.56 Å². The molecule has 3 nitrogen and oxygen atoms in total. The lowest BCUT2D eigenvalue weighted by molar-refractivity contribution is 0.0386. The van der Waals surface area contributed by atoms with Gasteiger partial charge in [0, 0.05) is 32.8 Å². The average Bonchev–Trinajstić information content (AvgIpc) is 2.46. The molecule has 0 aliphatic carbocycles. The fourth-order valence-corrected chi connectivity index (χ4v) is 2.63. The summed E-state index contributed by atoms with van der Waals surface area (Å²) in [6, 6.07) is 11.1. The van der Waals surface area contributed by atoms with Crippen molar-refractivity contribution in [3.05, 3.63) is 35.9 Å². The molecule has 0 spiro atoms. The molecule has 1 N–H and O–H groups in total. The lowest BCUT2D eigenvalue weighted by Gasteiger charge is -2.33. The second-order valence-electron chi connectivity index (χ2n) is 4.99. The number of rotatable bonds is 5. The highest BCUT2D eigenvalue weighted by Crippen LogP contribution is 2.18. The maximum absolute atomic E-state index is 5.41. The van der Waals surface area contributed by atoms with E-state index in [-0.39, 0.29) is 0 Å². The van der Waals surface area contributed by atoms with Crippen LogP contribution in [0.5, 0.6) is 0 Å². The van der Waals surface area contributed by atoms with E-state index in [4.69, 9.17) is 4.74 Å². The van der Waals surface area contributed by atoms with E-state index < -0.39 is 0 Å². The zero-order valence-electron chi connectivity index (χ0n) is 11.4. The Kier molecular flexibility index (Phi) is 5.17. The van der Waals surface area contributed by atoms with Crippen LogP contribution in [-0.4, -0.2) is 44.8 Å². The summed E-state index contributed by atoms with van der Waals surface area (Å²) in [5, 5.41) is 3.42. The van der Waals surface area contributed by atoms with E-state index >= 15 is 0 Å². The molecule has 0 aromatic heterocycles. The first-order chi connectivity index (χ1) is 8.83. The van der Waals surface area contributed by atoms with Crippen LogP contribution in [0.1, 0.15) is 24.4 Å². The molecule has 3 heteroatoms. The monoisotopic (exact) mass is 248 g/mol. The number of hydrogen-bond donors (Lipinski definition) is 1. The van der Waals surface area contributed by atoms with Crippen molar-refractivity contribution in [1.29, 1.82) is 0 Å². The van der Waals surface area contributed by atoms with Gasteiger partial charge in [-0.3, -0.25) is 0 Å². The molecule has 0 saturated carbocycles. The van der Waals surface area contributed by atoms with Gasteiger partial charge in [-0.1, -0.05) is 30.3 Å². The highest BCUT2D eigenvalue weighted by Gasteiger charge is 2.21. The predicted molar refractivity (Wildman–Crippen MR) is 74.7 cm³/mol. The van der Waals surface area contributed by atoms with Gasteiger partial charge in [0.25, 0.3) is 0 Å². The molecule has 1 heterocycles. The van der Waals surface area contributed by atoms with Gasteiger partial charge in [-0.2, -0.15) is 0 Å². The molecule has 1 aliphatic rings. The Hall–Kier alpha value is -0.900. The summed E-state index contributed by atoms with van der Waals surface area (Å²) in [5.41, 5.74) is 1.37. The summed E-state index contributed by atoms with van der Waals surface area (Å²) >= 11 is 0. The molecular weight excluding hydrogens is 224 g/mol. The van der Waals surface area contributed by atoms with Crippen LogP contribution >= 0.6 is 0 Å². The SMILES string of the molecule is CNC(CN1CCC(OC)CC1)c1ccccc1. The number of ether oxygens (including phenoxy) is 1. The fourth-order valence-electron chi connectivity index (χ4n) is 2.63. The molecule has 2 rings (SSSR count). The van der Waals surface area contributed by atoms with E-state index in [1.54, 1.807) is 0 Å². The summed E-state index contributed by atoms with van der Waals surface area (Å²) in [5.74, 6) is 0. The summed E-state index contributed by atoms with van der Waals surface area (Å²) in [7, 11) is 3.86. The van der Waals surface area contributed by atoms with E-state index in [1.807, 2.05) is 14.2 Å². The van der Waals surface area contributed by atoms with Crippen LogP contribution in [0.2, 0.25) is 0 Å². The Morgan fingerprint density at radius 2 is 1.94 bits per heavy atom. The van der Waals surface area contributed by atoms with Gasteiger partial charge in [-0.15, -0.1) is 0 Å². The molecule has 0 amide bonds. The van der Waals surface area contributed by atoms with Crippen LogP contribution in [-0.2, 0) is 4.74 Å². The van der Waals surface area contributed by atoms with Gasteiger partial charge in [-0.25, -0.2) is 0 Å². The van der Waals surface area contributed by atoms with Gasteiger partial charge in [0.2, 0.25) is 0 Å². The van der Waals surface area contributed by atoms with Gasteiger partial charge in [0.05, 0.1) is 6.10 Å². The first-order valence-corrected chi connectivity index (χ1v) is 6.81. The first kappa shape index (κ1) is 13.5. The lowest BCUT2D eigenvalue weighted by atomic mass is 10.0. The zero-order valence-corrected chi connectivity index (χ0v) is 11.4. The quantitative estimate of drug-likeness (QED) is 0.863. The van der Waals surface area contributed by atoms with E-state index in [9.17, 15) is 0 Å². The molecule has 1 saturated heterocycles. The third kappa shape index (κ3) is 3.55. The standard InChI is InChI=1S/C15H24N2O/c1-16-15(13-6-4-3-5-7-13)12-17-10-8-14(18-2)9-11-17/h3-7,14-16H,8-12H2,1-2H3. The van der Waals surface area contributed by atoms with Gasteiger partial charge in [0.1, 0.15) is 0 Å². The molecule has 18 heavy (non-hydrogen) atoms. The smallest absolute Gasteiger partial charge is 0.0595 e. The number of likely N-dealkylation sites (tertiary alicyclic amines) is 1. The van der Waals surface area contributed by atoms with Gasteiger partial charge in [-0.05, 0) is 25.5 Å². The largest absolute Gasteiger partial charge is 0.381 e. The van der Waals surface area contributed by atoms with E-state index in [0.717, 1.165) is 32.5 Å². The van der Waals surface area contributed by atoms with Crippen LogP contribution in [0.3, 0.4) is 0 Å². The number of benzene rings is 1. The maximum Gasteiger partial charge on any atom is 0.0595 e. The van der Waals surface area contributed by atoms with Gasteiger partial charge < -0.3 is 15.0 Å². The predicted octanol–water partition coefficient (Wildman–Crippen LogP) is 2.06. The summed E-state index contributed by atoms with van der Waals surface area (Å²) in [6.45, 7) is 3.37. The van der Waals surface area contributed by atoms with Crippen LogP contribution in [0.4, 0.5) is 0 Å². The van der Waals surface area contributed by atoms with Crippen molar-refractivity contribution in [2.75, 3.05) is 33.8 Å². The minimum Gasteiger partial charge on any atom is -0.381 e. The topological polar surface area (TPSA) is 24.5 Å². The number of hydrogen-bond acceptors (Lipinski definition) is 3. The molecule has 1 aliphatic heterocycles. The molecule has 1 aromatic rings. The summed E-state index contributed by atoms with van der Waals surface area (Å²) in [6.07, 6.45) is 2.77. The number of piperidine rings is 1. The average molecular weight is 248 g/mol. The third-order valence-corrected chi connectivity index (χ3v) is 3.86. The summed E-state index contributed by atoms with van der Waals surface area (Å²) < 4.78 is 5.41. The minimum absolute atomic E-state index is 0.422. The van der Waals surface area contributed by atoms with Crippen LogP contribution in [0, 0.1) is 0 Å². The fraction of sp³-hybridized carbons (Fsp3) is 0.600. The molecule has 1 unspecified atom stereocenters. The second-order valence-corrected chi connectivity index (χ2v) is 4.99. The molecule has 1 fully saturated rings. The van der Waals surface area contributed by atoms with Crippen molar-refractivity contribution in [1.82, 2.24) is 10.2 Å². The van der Waals surface area contributed by atoms with Crippen LogP contribution < -0.4 is 5.32 Å². The molecule has 1 atom stereocenters. The molecule has 100 valence electrons. The highest BCUT2D eigenvalue weighted by atomic mass is 16.5. The van der Waals surface area contributed by atoms with Crippen molar-refractivity contribution < 1.29 is 4.74 Å². The Morgan fingerprint density at radius 1 is 1.28 bits per heavy atom. The van der Waals surface area contributed by atoms with Crippen LogP contribution in [0.25, 0.3) is 0 Å². The normalized spacial score (nSPS) is 19.9.